The SMILES string of the molecule is O/N=C/c1c(-c2c[nH]c3ccccc23)[nH]c2ccccc12. The molecule has 0 saturated heterocycles. The number of nitrogens with zero attached hydrogens (tertiary/aromatic N) is 1. The fourth-order valence-electron chi connectivity index (χ4n) is 2.85. The largest absolute Gasteiger partial charge is 0.411 e. The zero-order valence-corrected chi connectivity index (χ0v) is 11.2. The van der Waals surface area contributed by atoms with Crippen LogP contribution in [0, 0.1) is 0 Å². The number of aromatic amines is 2. The molecule has 4 aromatic rings. The number of hydrogen-bond acceptors (Lipinski definition) is 2. The highest BCUT2D eigenvalue weighted by molar-refractivity contribution is 6.09. The number of hydrogen-bond donors (Lipinski definition) is 3. The molecular weight excluding hydrogens is 262 g/mol. The first kappa shape index (κ1) is 11.8. The van der Waals surface area contributed by atoms with E-state index in [0.29, 0.717) is 0 Å². The first-order valence-corrected chi connectivity index (χ1v) is 6.73. The third-order valence-corrected chi connectivity index (χ3v) is 3.79. The molecule has 21 heavy (non-hydrogen) atoms. The van der Waals surface area contributed by atoms with Crippen LogP contribution in [0.4, 0.5) is 0 Å². The van der Waals surface area contributed by atoms with Gasteiger partial charge in [-0.1, -0.05) is 41.6 Å². The third kappa shape index (κ3) is 1.73. The maximum absolute atomic E-state index is 8.98. The van der Waals surface area contributed by atoms with Crippen LogP contribution in [0.3, 0.4) is 0 Å². The summed E-state index contributed by atoms with van der Waals surface area (Å²) in [5.41, 5.74) is 5.01. The maximum atomic E-state index is 8.98. The van der Waals surface area contributed by atoms with Crippen molar-refractivity contribution in [3.8, 4) is 11.3 Å². The quantitative estimate of drug-likeness (QED) is 0.287. The Bertz CT molecular complexity index is 962. The monoisotopic (exact) mass is 275 g/mol. The highest BCUT2D eigenvalue weighted by Crippen LogP contribution is 2.33. The van der Waals surface area contributed by atoms with E-state index in [0.717, 1.165) is 38.6 Å². The minimum Gasteiger partial charge on any atom is -0.411 e. The van der Waals surface area contributed by atoms with Gasteiger partial charge < -0.3 is 15.2 Å². The first-order valence-electron chi connectivity index (χ1n) is 6.73. The van der Waals surface area contributed by atoms with Gasteiger partial charge in [-0.3, -0.25) is 0 Å². The first-order chi connectivity index (χ1) is 10.4. The Kier molecular flexibility index (Phi) is 2.54. The van der Waals surface area contributed by atoms with Crippen LogP contribution in [0.2, 0.25) is 0 Å². The molecule has 4 rings (SSSR count). The standard InChI is InChI=1S/C17H13N3O/c21-19-10-14-12-6-2-4-8-16(12)20-17(14)13-9-18-15-7-3-1-5-11(13)15/h1-10,18,20-21H/b19-10+. The molecule has 2 aromatic heterocycles. The molecule has 0 aliphatic heterocycles. The van der Waals surface area contributed by atoms with Gasteiger partial charge in [0.2, 0.25) is 0 Å². The van der Waals surface area contributed by atoms with Crippen LogP contribution in [0.1, 0.15) is 5.56 Å². The van der Waals surface area contributed by atoms with Gasteiger partial charge >= 0.3 is 0 Å². The van der Waals surface area contributed by atoms with Crippen molar-refractivity contribution in [3.05, 3.63) is 60.3 Å². The van der Waals surface area contributed by atoms with Crippen LogP contribution in [0.5, 0.6) is 0 Å². The van der Waals surface area contributed by atoms with Crippen molar-refractivity contribution in [2.45, 2.75) is 0 Å². The van der Waals surface area contributed by atoms with Crippen LogP contribution >= 0.6 is 0 Å². The minimum absolute atomic E-state index is 0.887. The van der Waals surface area contributed by atoms with E-state index in [4.69, 9.17) is 5.21 Å². The highest BCUT2D eigenvalue weighted by atomic mass is 16.4. The summed E-state index contributed by atoms with van der Waals surface area (Å²) in [7, 11) is 0. The molecule has 102 valence electrons. The molecule has 0 saturated carbocycles. The van der Waals surface area contributed by atoms with Crippen LogP contribution in [-0.2, 0) is 0 Å². The number of aromatic nitrogens is 2. The van der Waals surface area contributed by atoms with Crippen LogP contribution in [0.15, 0.2) is 59.9 Å². The Morgan fingerprint density at radius 3 is 2.43 bits per heavy atom. The summed E-state index contributed by atoms with van der Waals surface area (Å²) in [4.78, 5) is 6.69. The number of H-pyrrole nitrogens is 2. The van der Waals surface area contributed by atoms with Gasteiger partial charge in [-0.15, -0.1) is 0 Å². The molecular formula is C17H13N3O. The van der Waals surface area contributed by atoms with Crippen LogP contribution in [-0.4, -0.2) is 21.4 Å². The van der Waals surface area contributed by atoms with Crippen molar-refractivity contribution in [1.29, 1.82) is 0 Å². The molecule has 0 radical (unpaired) electrons. The normalized spacial score (nSPS) is 11.8. The van der Waals surface area contributed by atoms with Crippen LogP contribution < -0.4 is 0 Å². The Hall–Kier alpha value is -3.01. The molecule has 4 heteroatoms. The van der Waals surface area contributed by atoms with E-state index in [1.807, 2.05) is 48.7 Å². The summed E-state index contributed by atoms with van der Waals surface area (Å²) in [5, 5.41) is 14.4. The number of oxime groups is 1. The van der Waals surface area contributed by atoms with E-state index in [1.54, 1.807) is 0 Å². The zero-order chi connectivity index (χ0) is 14.2. The summed E-state index contributed by atoms with van der Waals surface area (Å²) in [6, 6.07) is 16.1. The predicted octanol–water partition coefficient (Wildman–Crippen LogP) is 4.12. The van der Waals surface area contributed by atoms with Crippen molar-refractivity contribution in [1.82, 2.24) is 9.97 Å². The molecule has 0 bridgehead atoms. The van der Waals surface area contributed by atoms with Gasteiger partial charge in [0.05, 0.1) is 11.9 Å². The van der Waals surface area contributed by atoms with Gasteiger partial charge in [0.15, 0.2) is 0 Å². The topological polar surface area (TPSA) is 64.2 Å². The summed E-state index contributed by atoms with van der Waals surface area (Å²) in [5.74, 6) is 0. The average Bonchev–Trinajstić information content (AvgIpc) is 3.09. The lowest BCUT2D eigenvalue weighted by molar-refractivity contribution is 0.322. The molecule has 2 heterocycles. The molecule has 3 N–H and O–H groups in total. The van der Waals surface area contributed by atoms with Gasteiger partial charge in [0.25, 0.3) is 0 Å². The summed E-state index contributed by atoms with van der Waals surface area (Å²) in [6.07, 6.45) is 3.46. The van der Waals surface area contributed by atoms with E-state index in [9.17, 15) is 0 Å². The van der Waals surface area contributed by atoms with Gasteiger partial charge in [-0.2, -0.15) is 0 Å². The number of para-hydroxylation sites is 2. The maximum Gasteiger partial charge on any atom is 0.0761 e. The van der Waals surface area contributed by atoms with Crippen molar-refractivity contribution in [2.24, 2.45) is 5.16 Å². The smallest absolute Gasteiger partial charge is 0.0761 e. The number of nitrogens with one attached hydrogen (secondary N) is 2. The van der Waals surface area contributed by atoms with E-state index in [2.05, 4.69) is 21.2 Å². The summed E-state index contributed by atoms with van der Waals surface area (Å²) < 4.78 is 0. The van der Waals surface area contributed by atoms with E-state index in [1.165, 1.54) is 6.21 Å². The Balaban J connectivity index is 2.08. The zero-order valence-electron chi connectivity index (χ0n) is 11.2. The molecule has 4 nitrogen and oxygen atoms in total. The van der Waals surface area contributed by atoms with E-state index in [-0.39, 0.29) is 0 Å². The second kappa shape index (κ2) is 4.52. The minimum atomic E-state index is 0.887. The molecule has 0 spiro atoms. The number of fused-ring (bicyclic) bond motifs is 2. The fraction of sp³-hybridized carbons (Fsp3) is 0. The predicted molar refractivity (Wildman–Crippen MR) is 85.0 cm³/mol. The summed E-state index contributed by atoms with van der Waals surface area (Å²) >= 11 is 0. The molecule has 0 aliphatic carbocycles. The molecule has 0 unspecified atom stereocenters. The van der Waals surface area contributed by atoms with Crippen LogP contribution in [0.25, 0.3) is 33.1 Å². The van der Waals surface area contributed by atoms with Crippen molar-refractivity contribution in [2.75, 3.05) is 0 Å². The van der Waals surface area contributed by atoms with Gasteiger partial charge in [0, 0.05) is 39.1 Å². The Labute approximate surface area is 120 Å². The highest BCUT2D eigenvalue weighted by Gasteiger charge is 2.14. The lowest BCUT2D eigenvalue weighted by Gasteiger charge is -1.98. The molecule has 2 aromatic carbocycles. The lowest BCUT2D eigenvalue weighted by Crippen LogP contribution is -1.84. The van der Waals surface area contributed by atoms with Gasteiger partial charge in [-0.25, -0.2) is 0 Å². The Morgan fingerprint density at radius 1 is 0.905 bits per heavy atom. The van der Waals surface area contributed by atoms with Gasteiger partial charge in [0.1, 0.15) is 0 Å². The molecule has 0 amide bonds. The number of benzene rings is 2. The average molecular weight is 275 g/mol. The van der Waals surface area contributed by atoms with Gasteiger partial charge in [-0.05, 0) is 12.1 Å². The fourth-order valence-corrected chi connectivity index (χ4v) is 2.85. The molecule has 0 aliphatic rings. The van der Waals surface area contributed by atoms with E-state index >= 15 is 0 Å². The van der Waals surface area contributed by atoms with Crippen molar-refractivity contribution < 1.29 is 5.21 Å². The second-order valence-electron chi connectivity index (χ2n) is 4.95. The lowest BCUT2D eigenvalue weighted by atomic mass is 10.1. The summed E-state index contributed by atoms with van der Waals surface area (Å²) in [6.45, 7) is 0. The second-order valence-corrected chi connectivity index (χ2v) is 4.95. The third-order valence-electron chi connectivity index (χ3n) is 3.79. The molecule has 0 fully saturated rings. The van der Waals surface area contributed by atoms with Crippen molar-refractivity contribution >= 4 is 28.0 Å². The molecule has 0 atom stereocenters. The van der Waals surface area contributed by atoms with Crippen molar-refractivity contribution in [3.63, 3.8) is 0 Å². The number of rotatable bonds is 2. The Morgan fingerprint density at radius 2 is 1.62 bits per heavy atom. The van der Waals surface area contributed by atoms with E-state index < -0.39 is 0 Å².